The Balaban J connectivity index is 1.76. The van der Waals surface area contributed by atoms with Crippen LogP contribution in [0.25, 0.3) is 0 Å². The number of anilines is 2. The van der Waals surface area contributed by atoms with Gasteiger partial charge in [0.1, 0.15) is 39.9 Å². The summed E-state index contributed by atoms with van der Waals surface area (Å²) >= 11 is 0. The fourth-order valence-electron chi connectivity index (χ4n) is 5.96. The first kappa shape index (κ1) is 45.3. The lowest BCUT2D eigenvalue weighted by Gasteiger charge is -2.38. The van der Waals surface area contributed by atoms with Gasteiger partial charge in [0.15, 0.2) is 0 Å². The molecule has 1 aromatic heterocycles. The van der Waals surface area contributed by atoms with E-state index < -0.39 is 52.6 Å². The first-order chi connectivity index (χ1) is 27.6. The number of benzene rings is 3. The molecule has 4 rings (SSSR count). The van der Waals surface area contributed by atoms with Gasteiger partial charge in [-0.2, -0.15) is 5.10 Å². The van der Waals surface area contributed by atoms with Crippen LogP contribution < -0.4 is 26.6 Å². The van der Waals surface area contributed by atoms with Gasteiger partial charge < -0.3 is 30.2 Å². The molecule has 0 aliphatic heterocycles. The van der Waals surface area contributed by atoms with Gasteiger partial charge in [0.25, 0.3) is 0 Å². The van der Waals surface area contributed by atoms with E-state index in [1.807, 2.05) is 91.0 Å². The summed E-state index contributed by atoms with van der Waals surface area (Å²) < 4.78 is 17.8. The minimum absolute atomic E-state index is 0.0577. The highest BCUT2D eigenvalue weighted by atomic mass is 16.6. The summed E-state index contributed by atoms with van der Waals surface area (Å²) in [5, 5.41) is 18.9. The number of carbonyl (C=O) groups excluding carboxylic acids is 4. The fourth-order valence-corrected chi connectivity index (χ4v) is 5.96. The first-order valence-electron chi connectivity index (χ1n) is 19.5. The fraction of sp³-hybridized carbons (Fsp3) is 0.409. The lowest BCUT2D eigenvalue weighted by molar-refractivity contribution is -0.117. The SMILES string of the molecule is Cn1ncc(NC(=O)[C@H](CCCNC(=O)OC(C)(C)C)N=C(NC(=O)OC(C)(C)C)NC(=O)OC(C)(C)C)c1NC(c1ccccc1)(c1ccccc1)c1ccccc1. The lowest BCUT2D eigenvalue weighted by atomic mass is 9.77. The number of guanidine groups is 1. The Labute approximate surface area is 346 Å². The van der Waals surface area contributed by atoms with Crippen LogP contribution in [-0.4, -0.2) is 69.3 Å². The molecule has 0 spiro atoms. The average Bonchev–Trinajstić information content (AvgIpc) is 3.47. The molecule has 316 valence electrons. The number of carbonyl (C=O) groups is 4. The number of nitrogens with one attached hydrogen (secondary N) is 5. The molecule has 0 fully saturated rings. The smallest absolute Gasteiger partial charge is 0.414 e. The molecule has 0 aliphatic carbocycles. The molecule has 0 bridgehead atoms. The molecule has 5 N–H and O–H groups in total. The molecule has 59 heavy (non-hydrogen) atoms. The van der Waals surface area contributed by atoms with Crippen molar-refractivity contribution in [2.24, 2.45) is 12.0 Å². The van der Waals surface area contributed by atoms with Crippen molar-refractivity contribution < 1.29 is 33.4 Å². The van der Waals surface area contributed by atoms with Crippen molar-refractivity contribution in [1.82, 2.24) is 25.7 Å². The molecule has 0 radical (unpaired) electrons. The summed E-state index contributed by atoms with van der Waals surface area (Å²) in [4.78, 5) is 57.3. The van der Waals surface area contributed by atoms with Crippen LogP contribution >= 0.6 is 0 Å². The van der Waals surface area contributed by atoms with Crippen molar-refractivity contribution in [2.45, 2.75) is 104 Å². The molecule has 0 unspecified atom stereocenters. The lowest BCUT2D eigenvalue weighted by Crippen LogP contribution is -2.48. The van der Waals surface area contributed by atoms with Gasteiger partial charge in [0.2, 0.25) is 11.9 Å². The Morgan fingerprint density at radius 1 is 0.661 bits per heavy atom. The maximum absolute atomic E-state index is 14.4. The second kappa shape index (κ2) is 19.4. The predicted molar refractivity (Wildman–Crippen MR) is 228 cm³/mol. The van der Waals surface area contributed by atoms with Gasteiger partial charge in [0, 0.05) is 13.6 Å². The highest BCUT2D eigenvalue weighted by molar-refractivity contribution is 6.04. The van der Waals surface area contributed by atoms with E-state index in [-0.39, 0.29) is 25.3 Å². The molecule has 0 saturated heterocycles. The van der Waals surface area contributed by atoms with Gasteiger partial charge in [-0.3, -0.25) is 20.1 Å². The maximum atomic E-state index is 14.4. The third kappa shape index (κ3) is 13.9. The summed E-state index contributed by atoms with van der Waals surface area (Å²) in [6.45, 7) is 15.5. The minimum Gasteiger partial charge on any atom is -0.444 e. The third-order valence-corrected chi connectivity index (χ3v) is 8.27. The van der Waals surface area contributed by atoms with Crippen LogP contribution in [0.4, 0.5) is 25.9 Å². The van der Waals surface area contributed by atoms with Crippen LogP contribution in [0.3, 0.4) is 0 Å². The highest BCUT2D eigenvalue weighted by Gasteiger charge is 2.38. The van der Waals surface area contributed by atoms with Crippen molar-refractivity contribution in [3.63, 3.8) is 0 Å². The van der Waals surface area contributed by atoms with Crippen LogP contribution in [0.15, 0.2) is 102 Å². The molecule has 0 saturated carbocycles. The Bertz CT molecular complexity index is 1920. The Hall–Kier alpha value is -6.38. The van der Waals surface area contributed by atoms with Gasteiger partial charge in [-0.1, -0.05) is 91.0 Å². The zero-order valence-electron chi connectivity index (χ0n) is 35.6. The summed E-state index contributed by atoms with van der Waals surface area (Å²) in [5.41, 5.74) is -0.304. The number of aliphatic imine (C=N–C) groups is 1. The number of rotatable bonds is 12. The number of hydrogen-bond acceptors (Lipinski definition) is 10. The number of ether oxygens (including phenoxy) is 3. The average molecular weight is 811 g/mol. The summed E-state index contributed by atoms with van der Waals surface area (Å²) in [7, 11) is 1.76. The van der Waals surface area contributed by atoms with Crippen LogP contribution in [-0.2, 0) is 31.6 Å². The van der Waals surface area contributed by atoms with E-state index in [4.69, 9.17) is 14.2 Å². The molecular weight excluding hydrogens is 753 g/mol. The summed E-state index contributed by atoms with van der Waals surface area (Å²) in [5.74, 6) is -0.504. The number of hydrogen-bond donors (Lipinski definition) is 5. The normalized spacial score (nSPS) is 12.3. The van der Waals surface area contributed by atoms with Crippen LogP contribution in [0.5, 0.6) is 0 Å². The summed E-state index contributed by atoms with van der Waals surface area (Å²) in [6, 6.07) is 28.7. The van der Waals surface area contributed by atoms with Crippen molar-refractivity contribution in [2.75, 3.05) is 17.2 Å². The topological polar surface area (TPSA) is 186 Å². The van der Waals surface area contributed by atoms with Crippen LogP contribution in [0.1, 0.15) is 91.8 Å². The van der Waals surface area contributed by atoms with Gasteiger partial charge in [-0.05, 0) is 91.8 Å². The van der Waals surface area contributed by atoms with E-state index in [0.29, 0.717) is 11.5 Å². The van der Waals surface area contributed by atoms with Crippen molar-refractivity contribution >= 4 is 41.7 Å². The number of aromatic nitrogens is 2. The predicted octanol–water partition coefficient (Wildman–Crippen LogP) is 7.84. The molecule has 1 heterocycles. The maximum Gasteiger partial charge on any atom is 0.414 e. The molecule has 3 aromatic carbocycles. The first-order valence-corrected chi connectivity index (χ1v) is 19.5. The van der Waals surface area contributed by atoms with E-state index in [1.54, 1.807) is 74.0 Å². The largest absolute Gasteiger partial charge is 0.444 e. The van der Waals surface area contributed by atoms with Gasteiger partial charge >= 0.3 is 18.3 Å². The second-order valence-electron chi connectivity index (χ2n) is 16.8. The van der Waals surface area contributed by atoms with Crippen molar-refractivity contribution in [1.29, 1.82) is 0 Å². The van der Waals surface area contributed by atoms with E-state index in [0.717, 1.165) is 16.7 Å². The molecule has 4 aromatic rings. The molecule has 15 nitrogen and oxygen atoms in total. The second-order valence-corrected chi connectivity index (χ2v) is 16.8. The Morgan fingerprint density at radius 2 is 1.08 bits per heavy atom. The van der Waals surface area contributed by atoms with Gasteiger partial charge in [0.05, 0.1) is 6.20 Å². The number of alkyl carbamates (subject to hydrolysis) is 3. The van der Waals surface area contributed by atoms with Gasteiger partial charge in [-0.25, -0.2) is 19.4 Å². The summed E-state index contributed by atoms with van der Waals surface area (Å²) in [6.07, 6.45) is -0.625. The van der Waals surface area contributed by atoms with E-state index >= 15 is 0 Å². The number of nitrogens with zero attached hydrogens (tertiary/aromatic N) is 3. The minimum atomic E-state index is -1.23. The van der Waals surface area contributed by atoms with Crippen molar-refractivity contribution in [3.8, 4) is 0 Å². The zero-order valence-corrected chi connectivity index (χ0v) is 35.6. The standard InChI is InChI=1S/C44H58N8O7/c1-41(2,3)57-38(54)45-28-20-27-33(48-37(49-39(55)58-42(4,5)6)50-40(56)59-43(7,8)9)36(53)47-34-29-46-52(10)35(34)51-44(30-21-14-11-15-22-30,31-23-16-12-17-24-31)32-25-18-13-19-26-32/h11-19,21-26,29,33,51H,20,27-28H2,1-10H3,(H,45,54)(H,47,53)(H2,48,49,50,55,56)/t33-/m0/s1. The quantitative estimate of drug-likeness (QED) is 0.0313. The molecule has 0 aliphatic rings. The molecule has 4 amide bonds. The van der Waals surface area contributed by atoms with E-state index in [1.165, 1.54) is 6.20 Å². The zero-order chi connectivity index (χ0) is 43.4. The molecule has 15 heteroatoms. The third-order valence-electron chi connectivity index (χ3n) is 8.27. The van der Waals surface area contributed by atoms with Crippen LogP contribution in [0, 0.1) is 0 Å². The number of aryl methyl sites for hydroxylation is 1. The molecular formula is C44H58N8O7. The monoisotopic (exact) mass is 810 g/mol. The van der Waals surface area contributed by atoms with Crippen molar-refractivity contribution in [3.05, 3.63) is 114 Å². The van der Waals surface area contributed by atoms with Crippen LogP contribution in [0.2, 0.25) is 0 Å². The molecule has 1 atom stereocenters. The van der Waals surface area contributed by atoms with Gasteiger partial charge in [-0.15, -0.1) is 0 Å². The van der Waals surface area contributed by atoms with E-state index in [2.05, 4.69) is 36.7 Å². The highest BCUT2D eigenvalue weighted by Crippen LogP contribution is 2.41. The number of amides is 4. The van der Waals surface area contributed by atoms with E-state index in [9.17, 15) is 19.2 Å². The Kier molecular flexibility index (Phi) is 14.9. The Morgan fingerprint density at radius 3 is 1.51 bits per heavy atom.